The predicted molar refractivity (Wildman–Crippen MR) is 75.2 cm³/mol. The third-order valence-electron chi connectivity index (χ3n) is 2.57. The van der Waals surface area contributed by atoms with Gasteiger partial charge in [-0.1, -0.05) is 13.8 Å². The van der Waals surface area contributed by atoms with Gasteiger partial charge >= 0.3 is 0 Å². The van der Waals surface area contributed by atoms with E-state index >= 15 is 0 Å². The third-order valence-corrected chi connectivity index (χ3v) is 3.56. The van der Waals surface area contributed by atoms with Gasteiger partial charge in [0.15, 0.2) is 0 Å². The van der Waals surface area contributed by atoms with Gasteiger partial charge in [-0.25, -0.2) is 14.1 Å². The molecule has 0 aliphatic carbocycles. The van der Waals surface area contributed by atoms with Crippen LogP contribution in [-0.2, 0) is 12.3 Å². The number of anilines is 1. The van der Waals surface area contributed by atoms with Gasteiger partial charge in [0.05, 0.1) is 11.4 Å². The van der Waals surface area contributed by atoms with E-state index in [0.29, 0.717) is 11.7 Å². The SMILES string of the molecule is CC(C)Cn1ncnc1CSc1ccc(N)c(F)c1. The van der Waals surface area contributed by atoms with Crippen LogP contribution in [0.15, 0.2) is 29.4 Å². The number of aromatic nitrogens is 3. The molecule has 2 aromatic rings. The first kappa shape index (κ1) is 13.9. The molecule has 1 aromatic heterocycles. The van der Waals surface area contributed by atoms with Crippen molar-refractivity contribution < 1.29 is 4.39 Å². The Hall–Kier alpha value is -1.56. The predicted octanol–water partition coefficient (Wildman–Crippen LogP) is 2.95. The zero-order valence-corrected chi connectivity index (χ0v) is 11.8. The summed E-state index contributed by atoms with van der Waals surface area (Å²) < 4.78 is 15.2. The van der Waals surface area contributed by atoms with Crippen LogP contribution in [0.2, 0.25) is 0 Å². The first-order chi connectivity index (χ1) is 9.06. The highest BCUT2D eigenvalue weighted by Gasteiger charge is 2.07. The highest BCUT2D eigenvalue weighted by atomic mass is 32.2. The Bertz CT molecular complexity index is 553. The number of benzene rings is 1. The normalized spacial score (nSPS) is 11.2. The molecule has 0 aliphatic rings. The number of nitrogens with two attached hydrogens (primary N) is 1. The molecule has 0 atom stereocenters. The molecule has 0 fully saturated rings. The average Bonchev–Trinajstić information content (AvgIpc) is 2.77. The van der Waals surface area contributed by atoms with Crippen LogP contribution in [0, 0.1) is 11.7 Å². The largest absolute Gasteiger partial charge is 0.396 e. The van der Waals surface area contributed by atoms with E-state index < -0.39 is 0 Å². The second-order valence-corrected chi connectivity index (χ2v) is 5.77. The number of rotatable bonds is 5. The Morgan fingerprint density at radius 2 is 2.21 bits per heavy atom. The summed E-state index contributed by atoms with van der Waals surface area (Å²) in [6, 6.07) is 4.84. The van der Waals surface area contributed by atoms with Crippen LogP contribution in [-0.4, -0.2) is 14.8 Å². The van der Waals surface area contributed by atoms with Gasteiger partial charge in [-0.05, 0) is 24.1 Å². The molecule has 19 heavy (non-hydrogen) atoms. The second-order valence-electron chi connectivity index (χ2n) is 4.72. The van der Waals surface area contributed by atoms with Crippen molar-refractivity contribution in [2.45, 2.75) is 31.0 Å². The number of nitrogens with zero attached hydrogens (tertiary/aromatic N) is 3. The van der Waals surface area contributed by atoms with E-state index in [0.717, 1.165) is 17.3 Å². The molecule has 0 unspecified atom stereocenters. The molecule has 0 aliphatic heterocycles. The van der Waals surface area contributed by atoms with Crippen LogP contribution in [0.25, 0.3) is 0 Å². The summed E-state index contributed by atoms with van der Waals surface area (Å²) in [4.78, 5) is 5.08. The van der Waals surface area contributed by atoms with Gasteiger partial charge in [0.2, 0.25) is 0 Å². The van der Waals surface area contributed by atoms with E-state index in [4.69, 9.17) is 5.73 Å². The zero-order chi connectivity index (χ0) is 13.8. The summed E-state index contributed by atoms with van der Waals surface area (Å²) in [7, 11) is 0. The molecule has 102 valence electrons. The Labute approximate surface area is 116 Å². The maximum atomic E-state index is 13.3. The fourth-order valence-corrected chi connectivity index (χ4v) is 2.51. The van der Waals surface area contributed by atoms with Gasteiger partial charge in [-0.2, -0.15) is 5.10 Å². The standard InChI is InChI=1S/C13H17FN4S/c1-9(2)6-18-13(16-8-17-18)7-19-10-3-4-12(15)11(14)5-10/h3-5,8-9H,6-7,15H2,1-2H3. The Balaban J connectivity index is 2.02. The lowest BCUT2D eigenvalue weighted by atomic mass is 10.2. The van der Waals surface area contributed by atoms with Crippen LogP contribution in [0.3, 0.4) is 0 Å². The van der Waals surface area contributed by atoms with Gasteiger partial charge in [-0.15, -0.1) is 11.8 Å². The minimum Gasteiger partial charge on any atom is -0.396 e. The highest BCUT2D eigenvalue weighted by Crippen LogP contribution is 2.24. The Morgan fingerprint density at radius 1 is 1.42 bits per heavy atom. The Morgan fingerprint density at radius 3 is 2.89 bits per heavy atom. The molecule has 0 bridgehead atoms. The molecule has 0 spiro atoms. The molecule has 1 aromatic carbocycles. The van der Waals surface area contributed by atoms with E-state index in [1.54, 1.807) is 12.4 Å². The topological polar surface area (TPSA) is 56.7 Å². The lowest BCUT2D eigenvalue weighted by Gasteiger charge is -2.08. The van der Waals surface area contributed by atoms with Gasteiger partial charge in [0.25, 0.3) is 0 Å². The quantitative estimate of drug-likeness (QED) is 0.676. The molecule has 2 N–H and O–H groups in total. The number of halogens is 1. The van der Waals surface area contributed by atoms with Crippen LogP contribution in [0.5, 0.6) is 0 Å². The van der Waals surface area contributed by atoms with Crippen molar-refractivity contribution in [3.05, 3.63) is 36.2 Å². The van der Waals surface area contributed by atoms with Crippen molar-refractivity contribution >= 4 is 17.4 Å². The Kier molecular flexibility index (Phi) is 4.42. The number of hydrogen-bond acceptors (Lipinski definition) is 4. The van der Waals surface area contributed by atoms with E-state index in [1.165, 1.54) is 17.8 Å². The molecule has 0 radical (unpaired) electrons. The lowest BCUT2D eigenvalue weighted by Crippen LogP contribution is -2.09. The molecule has 4 nitrogen and oxygen atoms in total. The first-order valence-electron chi connectivity index (χ1n) is 6.10. The molecule has 1 heterocycles. The fraction of sp³-hybridized carbons (Fsp3) is 0.385. The maximum absolute atomic E-state index is 13.3. The van der Waals surface area contributed by atoms with Crippen LogP contribution in [0.1, 0.15) is 19.7 Å². The zero-order valence-electron chi connectivity index (χ0n) is 11.0. The van der Waals surface area contributed by atoms with Crippen molar-refractivity contribution in [1.82, 2.24) is 14.8 Å². The summed E-state index contributed by atoms with van der Waals surface area (Å²) in [5.74, 6) is 1.69. The average molecular weight is 280 g/mol. The monoisotopic (exact) mass is 280 g/mol. The summed E-state index contributed by atoms with van der Waals surface area (Å²) >= 11 is 1.52. The van der Waals surface area contributed by atoms with Crippen LogP contribution >= 0.6 is 11.8 Å². The highest BCUT2D eigenvalue weighted by molar-refractivity contribution is 7.98. The molecule has 0 amide bonds. The van der Waals surface area contributed by atoms with Crippen LogP contribution < -0.4 is 5.73 Å². The van der Waals surface area contributed by atoms with Gasteiger partial charge < -0.3 is 5.73 Å². The minimum atomic E-state index is -0.381. The number of thioether (sulfide) groups is 1. The van der Waals surface area contributed by atoms with Gasteiger partial charge in [-0.3, -0.25) is 0 Å². The smallest absolute Gasteiger partial charge is 0.147 e. The van der Waals surface area contributed by atoms with Crippen LogP contribution in [0.4, 0.5) is 10.1 Å². The molecular formula is C13H17FN4S. The van der Waals surface area contributed by atoms with Gasteiger partial charge in [0.1, 0.15) is 18.0 Å². The first-order valence-corrected chi connectivity index (χ1v) is 7.09. The molecule has 6 heteroatoms. The lowest BCUT2D eigenvalue weighted by molar-refractivity contribution is 0.472. The number of hydrogen-bond donors (Lipinski definition) is 1. The molecule has 2 rings (SSSR count). The van der Waals surface area contributed by atoms with E-state index in [1.807, 2.05) is 10.7 Å². The third kappa shape index (κ3) is 3.70. The van der Waals surface area contributed by atoms with E-state index in [9.17, 15) is 4.39 Å². The van der Waals surface area contributed by atoms with Crippen molar-refractivity contribution in [2.24, 2.45) is 5.92 Å². The second kappa shape index (κ2) is 6.06. The van der Waals surface area contributed by atoms with E-state index in [-0.39, 0.29) is 11.5 Å². The minimum absolute atomic E-state index is 0.173. The summed E-state index contributed by atoms with van der Waals surface area (Å²) in [5, 5.41) is 4.20. The maximum Gasteiger partial charge on any atom is 0.147 e. The fourth-order valence-electron chi connectivity index (χ4n) is 1.64. The number of nitrogen functional groups attached to an aromatic ring is 1. The van der Waals surface area contributed by atoms with Crippen molar-refractivity contribution in [3.8, 4) is 0 Å². The molecule has 0 saturated heterocycles. The summed E-state index contributed by atoms with van der Waals surface area (Å²) in [6.45, 7) is 5.11. The van der Waals surface area contributed by atoms with Crippen molar-refractivity contribution in [1.29, 1.82) is 0 Å². The van der Waals surface area contributed by atoms with Crippen molar-refractivity contribution in [2.75, 3.05) is 5.73 Å². The summed E-state index contributed by atoms with van der Waals surface area (Å²) in [5.41, 5.74) is 5.62. The van der Waals surface area contributed by atoms with E-state index in [2.05, 4.69) is 23.9 Å². The molecule has 0 saturated carbocycles. The molecular weight excluding hydrogens is 263 g/mol. The summed E-state index contributed by atoms with van der Waals surface area (Å²) in [6.07, 6.45) is 1.56. The van der Waals surface area contributed by atoms with Gasteiger partial charge in [0, 0.05) is 11.4 Å². The van der Waals surface area contributed by atoms with Crippen molar-refractivity contribution in [3.63, 3.8) is 0 Å².